The molecule has 0 saturated carbocycles. The van der Waals surface area contributed by atoms with E-state index in [4.69, 9.17) is 0 Å². The molecule has 2 bridgehead atoms. The van der Waals surface area contributed by atoms with Crippen molar-refractivity contribution in [3.05, 3.63) is 48.6 Å². The van der Waals surface area contributed by atoms with Crippen LogP contribution >= 0.6 is 0 Å². The van der Waals surface area contributed by atoms with Crippen LogP contribution in [0.5, 0.6) is 0 Å². The summed E-state index contributed by atoms with van der Waals surface area (Å²) in [5.41, 5.74) is 1.06. The molecule has 2 heteroatoms. The molecular formula is C15H17NO. The Labute approximate surface area is 102 Å². The van der Waals surface area contributed by atoms with E-state index in [9.17, 15) is 4.79 Å². The van der Waals surface area contributed by atoms with E-state index < -0.39 is 0 Å². The maximum absolute atomic E-state index is 12.1. The Bertz CT molecular complexity index is 442. The predicted octanol–water partition coefficient (Wildman–Crippen LogP) is 2.61. The van der Waals surface area contributed by atoms with Gasteiger partial charge in [-0.15, -0.1) is 6.58 Å². The van der Waals surface area contributed by atoms with E-state index in [0.717, 1.165) is 25.8 Å². The van der Waals surface area contributed by atoms with Gasteiger partial charge in [-0.3, -0.25) is 4.79 Å². The monoisotopic (exact) mass is 227 g/mol. The lowest BCUT2D eigenvalue weighted by molar-refractivity contribution is -0.126. The fourth-order valence-electron chi connectivity index (χ4n) is 3.05. The number of amides is 1. The molecule has 4 rings (SSSR count). The average molecular weight is 227 g/mol. The highest BCUT2D eigenvalue weighted by atomic mass is 16.2. The summed E-state index contributed by atoms with van der Waals surface area (Å²) in [5.74, 6) is 0.671. The zero-order valence-electron chi connectivity index (χ0n) is 9.93. The van der Waals surface area contributed by atoms with Gasteiger partial charge < -0.3 is 4.90 Å². The van der Waals surface area contributed by atoms with E-state index in [2.05, 4.69) is 30.9 Å². The van der Waals surface area contributed by atoms with E-state index in [0.29, 0.717) is 5.92 Å². The zero-order chi connectivity index (χ0) is 11.9. The van der Waals surface area contributed by atoms with Crippen molar-refractivity contribution in [2.45, 2.75) is 24.8 Å². The van der Waals surface area contributed by atoms with E-state index >= 15 is 0 Å². The van der Waals surface area contributed by atoms with Crippen LogP contribution in [0, 0.1) is 5.92 Å². The molecule has 17 heavy (non-hydrogen) atoms. The molecule has 1 heterocycles. The van der Waals surface area contributed by atoms with Crippen molar-refractivity contribution < 1.29 is 4.79 Å². The number of nitrogens with zero attached hydrogens (tertiary/aromatic N) is 1. The highest BCUT2D eigenvalue weighted by Gasteiger charge is 2.47. The maximum atomic E-state index is 12.1. The Kier molecular flexibility index (Phi) is 2.32. The van der Waals surface area contributed by atoms with Crippen molar-refractivity contribution in [3.8, 4) is 0 Å². The van der Waals surface area contributed by atoms with Crippen LogP contribution in [0.25, 0.3) is 0 Å². The fraction of sp³-hybridized carbons (Fsp3) is 0.400. The number of hydrogen-bond donors (Lipinski definition) is 0. The second kappa shape index (κ2) is 3.73. The topological polar surface area (TPSA) is 20.3 Å². The van der Waals surface area contributed by atoms with E-state index in [1.165, 1.54) is 5.57 Å². The molecule has 1 aliphatic heterocycles. The molecule has 0 fully saturated rings. The first kappa shape index (κ1) is 10.6. The SMILES string of the molecule is C=CCCCN1C(=O)C=C2CC3C=CC21C=C3. The van der Waals surface area contributed by atoms with Crippen molar-refractivity contribution >= 4 is 5.91 Å². The van der Waals surface area contributed by atoms with Crippen LogP contribution in [-0.2, 0) is 4.79 Å². The van der Waals surface area contributed by atoms with E-state index in [1.807, 2.05) is 17.1 Å². The number of unbranched alkanes of at least 4 members (excludes halogenated alkanes) is 1. The summed E-state index contributed by atoms with van der Waals surface area (Å²) < 4.78 is 0. The van der Waals surface area contributed by atoms with E-state index in [1.54, 1.807) is 0 Å². The van der Waals surface area contributed by atoms with Crippen LogP contribution in [0.1, 0.15) is 19.3 Å². The predicted molar refractivity (Wildman–Crippen MR) is 68.3 cm³/mol. The molecule has 0 saturated heterocycles. The number of allylic oxidation sites excluding steroid dienone is 3. The third kappa shape index (κ3) is 1.43. The molecule has 0 atom stereocenters. The molecule has 88 valence electrons. The van der Waals surface area contributed by atoms with Crippen LogP contribution in [0.3, 0.4) is 0 Å². The van der Waals surface area contributed by atoms with Crippen LogP contribution in [-0.4, -0.2) is 22.9 Å². The van der Waals surface area contributed by atoms with Gasteiger partial charge in [-0.05, 0) is 30.8 Å². The summed E-state index contributed by atoms with van der Waals surface area (Å²) in [6.45, 7) is 4.54. The summed E-state index contributed by atoms with van der Waals surface area (Å²) in [6.07, 6.45) is 15.6. The van der Waals surface area contributed by atoms with Gasteiger partial charge in [0.2, 0.25) is 5.91 Å². The van der Waals surface area contributed by atoms with E-state index in [-0.39, 0.29) is 11.4 Å². The van der Waals surface area contributed by atoms with Crippen LogP contribution < -0.4 is 0 Å². The molecule has 2 nitrogen and oxygen atoms in total. The van der Waals surface area contributed by atoms with Crippen molar-refractivity contribution in [3.63, 3.8) is 0 Å². The summed E-state index contributed by atoms with van der Waals surface area (Å²) in [7, 11) is 0. The normalized spacial score (nSPS) is 32.9. The van der Waals surface area contributed by atoms with Gasteiger partial charge >= 0.3 is 0 Å². The fourth-order valence-corrected chi connectivity index (χ4v) is 3.05. The highest BCUT2D eigenvalue weighted by Crippen LogP contribution is 2.45. The summed E-state index contributed by atoms with van der Waals surface area (Å²) in [5, 5.41) is 0. The summed E-state index contributed by atoms with van der Waals surface area (Å²) in [6, 6.07) is 0. The van der Waals surface area contributed by atoms with Crippen LogP contribution in [0.15, 0.2) is 48.6 Å². The third-order valence-corrected chi connectivity index (χ3v) is 3.97. The van der Waals surface area contributed by atoms with Gasteiger partial charge in [0.25, 0.3) is 0 Å². The van der Waals surface area contributed by atoms with Gasteiger partial charge in [-0.1, -0.05) is 30.4 Å². The molecule has 0 aromatic rings. The largest absolute Gasteiger partial charge is 0.323 e. The minimum absolute atomic E-state index is 0.168. The number of carbonyl (C=O) groups excluding carboxylic acids is 1. The Balaban J connectivity index is 1.87. The first-order valence-corrected chi connectivity index (χ1v) is 6.28. The lowest BCUT2D eigenvalue weighted by Gasteiger charge is -2.43. The molecule has 0 radical (unpaired) electrons. The second-order valence-corrected chi connectivity index (χ2v) is 5.00. The minimum atomic E-state index is -0.215. The molecule has 1 spiro atoms. The molecule has 0 aromatic carbocycles. The van der Waals surface area contributed by atoms with Crippen LogP contribution in [0.2, 0.25) is 0 Å². The summed E-state index contributed by atoms with van der Waals surface area (Å²) >= 11 is 0. The third-order valence-electron chi connectivity index (χ3n) is 3.97. The Morgan fingerprint density at radius 2 is 2.24 bits per heavy atom. The van der Waals surface area contributed by atoms with Gasteiger partial charge in [0.1, 0.15) is 5.54 Å². The van der Waals surface area contributed by atoms with Crippen molar-refractivity contribution in [1.29, 1.82) is 0 Å². The molecule has 0 aromatic heterocycles. The highest BCUT2D eigenvalue weighted by molar-refractivity contribution is 5.94. The summed E-state index contributed by atoms with van der Waals surface area (Å²) in [4.78, 5) is 14.1. The molecule has 3 aliphatic carbocycles. The van der Waals surface area contributed by atoms with Crippen molar-refractivity contribution in [2.75, 3.05) is 6.54 Å². The number of carbonyl (C=O) groups is 1. The smallest absolute Gasteiger partial charge is 0.247 e. The van der Waals surface area contributed by atoms with Crippen molar-refractivity contribution in [2.24, 2.45) is 5.92 Å². The molecule has 4 aliphatic rings. The van der Waals surface area contributed by atoms with Crippen molar-refractivity contribution in [1.82, 2.24) is 4.90 Å². The number of hydrogen-bond acceptors (Lipinski definition) is 1. The number of rotatable bonds is 4. The molecule has 0 N–H and O–H groups in total. The molecule has 0 unspecified atom stereocenters. The van der Waals surface area contributed by atoms with Gasteiger partial charge in [0.15, 0.2) is 0 Å². The lowest BCUT2D eigenvalue weighted by atomic mass is 9.73. The maximum Gasteiger partial charge on any atom is 0.247 e. The molecular weight excluding hydrogens is 210 g/mol. The molecule has 1 amide bonds. The average Bonchev–Trinajstić information content (AvgIpc) is 2.63. The quantitative estimate of drug-likeness (QED) is 0.534. The lowest BCUT2D eigenvalue weighted by Crippen LogP contribution is -2.48. The second-order valence-electron chi connectivity index (χ2n) is 5.00. The Morgan fingerprint density at radius 1 is 1.47 bits per heavy atom. The van der Waals surface area contributed by atoms with Gasteiger partial charge in [-0.25, -0.2) is 0 Å². The first-order chi connectivity index (χ1) is 8.26. The Hall–Kier alpha value is -1.57. The van der Waals surface area contributed by atoms with Crippen LogP contribution in [0.4, 0.5) is 0 Å². The Morgan fingerprint density at radius 3 is 2.94 bits per heavy atom. The first-order valence-electron chi connectivity index (χ1n) is 6.28. The van der Waals surface area contributed by atoms with Gasteiger partial charge in [-0.2, -0.15) is 0 Å². The zero-order valence-corrected chi connectivity index (χ0v) is 9.93. The standard InChI is InChI=1S/C15H17NO/c1-2-3-4-9-16-14(17)11-13-10-12-5-7-15(13,16)8-6-12/h2,5-8,11-12H,1,3-4,9-10H2. The van der Waals surface area contributed by atoms with Gasteiger partial charge in [0.05, 0.1) is 0 Å². The van der Waals surface area contributed by atoms with Gasteiger partial charge in [0, 0.05) is 12.6 Å². The minimum Gasteiger partial charge on any atom is -0.323 e.